The lowest BCUT2D eigenvalue weighted by atomic mass is 9.95. The summed E-state index contributed by atoms with van der Waals surface area (Å²) in [6.45, 7) is 6.36. The Balaban J connectivity index is 1.75. The van der Waals surface area contributed by atoms with Crippen molar-refractivity contribution in [2.75, 3.05) is 13.2 Å². The van der Waals surface area contributed by atoms with Gasteiger partial charge in [0, 0.05) is 12.1 Å². The molecule has 6 nitrogen and oxygen atoms in total. The van der Waals surface area contributed by atoms with Crippen LogP contribution in [-0.2, 0) is 16.0 Å². The molecule has 0 aliphatic carbocycles. The second kappa shape index (κ2) is 11.3. The van der Waals surface area contributed by atoms with Crippen molar-refractivity contribution in [1.29, 1.82) is 0 Å². The minimum Gasteiger partial charge on any atom is -0.507 e. The number of Topliss-reactive ketones (excluding diaryl/α,β-unsaturated/α-hetero) is 1. The van der Waals surface area contributed by atoms with E-state index in [9.17, 15) is 19.1 Å². The van der Waals surface area contributed by atoms with E-state index < -0.39 is 17.7 Å². The first-order chi connectivity index (χ1) is 17.8. The minimum absolute atomic E-state index is 0.00943. The molecule has 3 aromatic carbocycles. The topological polar surface area (TPSA) is 76.1 Å². The van der Waals surface area contributed by atoms with E-state index in [1.807, 2.05) is 20.8 Å². The molecular weight excluding hydrogens is 473 g/mol. The molecular formula is C30H30FNO5. The Morgan fingerprint density at radius 1 is 1.00 bits per heavy atom. The van der Waals surface area contributed by atoms with Crippen molar-refractivity contribution in [1.82, 2.24) is 4.90 Å². The van der Waals surface area contributed by atoms with Gasteiger partial charge in [0.2, 0.25) is 0 Å². The molecule has 1 fully saturated rings. The minimum atomic E-state index is -0.802. The second-order valence-electron chi connectivity index (χ2n) is 9.07. The molecule has 0 aromatic heterocycles. The first kappa shape index (κ1) is 25.9. The third kappa shape index (κ3) is 5.82. The Bertz CT molecular complexity index is 1300. The number of ketones is 1. The van der Waals surface area contributed by atoms with Crippen LogP contribution in [-0.4, -0.2) is 41.0 Å². The zero-order valence-corrected chi connectivity index (χ0v) is 21.1. The van der Waals surface area contributed by atoms with Gasteiger partial charge in [-0.15, -0.1) is 0 Å². The number of ether oxygens (including phenoxy) is 2. The van der Waals surface area contributed by atoms with Crippen LogP contribution < -0.4 is 9.47 Å². The van der Waals surface area contributed by atoms with E-state index >= 15 is 0 Å². The number of likely N-dealkylation sites (tertiary alicyclic amines) is 1. The number of aliphatic hydroxyl groups excluding tert-OH is 1. The summed E-state index contributed by atoms with van der Waals surface area (Å²) < 4.78 is 24.6. The molecule has 1 unspecified atom stereocenters. The largest absolute Gasteiger partial charge is 0.507 e. The summed E-state index contributed by atoms with van der Waals surface area (Å²) in [6.07, 6.45) is 0.405. The van der Waals surface area contributed by atoms with Crippen LogP contribution in [0.4, 0.5) is 4.39 Å². The van der Waals surface area contributed by atoms with Crippen LogP contribution in [0.3, 0.4) is 0 Å². The predicted octanol–water partition coefficient (Wildman–Crippen LogP) is 5.68. The maximum atomic E-state index is 13.4. The standard InChI is InChI=1S/C30H30FNO5/c1-4-36-25-7-5-6-22(18-25)28(33)26-27(21-10-14-24(15-11-21)37-19(2)3)32(30(35)29(26)34)17-16-20-8-12-23(31)13-9-20/h5-15,18-19,27,33H,4,16-17H2,1-3H3/b28-26-. The van der Waals surface area contributed by atoms with Crippen LogP contribution in [0.2, 0.25) is 0 Å². The number of carbonyl (C=O) groups is 2. The molecule has 1 saturated heterocycles. The summed E-state index contributed by atoms with van der Waals surface area (Å²) in [5.74, 6) is -0.864. The third-order valence-electron chi connectivity index (χ3n) is 6.08. The number of carbonyl (C=O) groups excluding carboxylic acids is 2. The van der Waals surface area contributed by atoms with Crippen molar-refractivity contribution < 1.29 is 28.6 Å². The first-order valence-electron chi connectivity index (χ1n) is 12.3. The lowest BCUT2D eigenvalue weighted by Gasteiger charge is -2.25. The third-order valence-corrected chi connectivity index (χ3v) is 6.08. The molecule has 192 valence electrons. The quantitative estimate of drug-likeness (QED) is 0.231. The molecule has 1 heterocycles. The van der Waals surface area contributed by atoms with Gasteiger partial charge >= 0.3 is 0 Å². The number of aliphatic hydroxyl groups is 1. The molecule has 0 bridgehead atoms. The number of halogens is 1. The molecule has 37 heavy (non-hydrogen) atoms. The Morgan fingerprint density at radius 3 is 2.35 bits per heavy atom. The second-order valence-corrected chi connectivity index (χ2v) is 9.07. The first-order valence-corrected chi connectivity index (χ1v) is 12.3. The molecule has 1 aliphatic rings. The number of rotatable bonds is 9. The van der Waals surface area contributed by atoms with Gasteiger partial charge in [-0.3, -0.25) is 9.59 Å². The smallest absolute Gasteiger partial charge is 0.295 e. The van der Waals surface area contributed by atoms with E-state index in [1.54, 1.807) is 60.7 Å². The highest BCUT2D eigenvalue weighted by Crippen LogP contribution is 2.40. The Labute approximate surface area is 215 Å². The summed E-state index contributed by atoms with van der Waals surface area (Å²) in [4.78, 5) is 28.0. The average molecular weight is 504 g/mol. The van der Waals surface area contributed by atoms with Gasteiger partial charge < -0.3 is 19.5 Å². The lowest BCUT2D eigenvalue weighted by molar-refractivity contribution is -0.139. The summed E-state index contributed by atoms with van der Waals surface area (Å²) in [6, 6.07) is 19.2. The van der Waals surface area contributed by atoms with Crippen LogP contribution in [0.1, 0.15) is 43.5 Å². The fourth-order valence-electron chi connectivity index (χ4n) is 4.41. The van der Waals surface area contributed by atoms with E-state index in [1.165, 1.54) is 17.0 Å². The van der Waals surface area contributed by atoms with Gasteiger partial charge in [-0.25, -0.2) is 4.39 Å². The Hall–Kier alpha value is -4.13. The van der Waals surface area contributed by atoms with Crippen molar-refractivity contribution in [3.05, 3.63) is 101 Å². The maximum Gasteiger partial charge on any atom is 0.295 e. The van der Waals surface area contributed by atoms with Gasteiger partial charge in [-0.05, 0) is 74.7 Å². The summed E-state index contributed by atoms with van der Waals surface area (Å²) >= 11 is 0. The van der Waals surface area contributed by atoms with Crippen LogP contribution >= 0.6 is 0 Å². The highest BCUT2D eigenvalue weighted by molar-refractivity contribution is 6.46. The number of hydrogen-bond donors (Lipinski definition) is 1. The highest BCUT2D eigenvalue weighted by atomic mass is 19.1. The van der Waals surface area contributed by atoms with Crippen LogP contribution in [0.15, 0.2) is 78.4 Å². The fraction of sp³-hybridized carbons (Fsp3) is 0.267. The highest BCUT2D eigenvalue weighted by Gasteiger charge is 2.45. The van der Waals surface area contributed by atoms with Crippen LogP contribution in [0.25, 0.3) is 5.76 Å². The SMILES string of the molecule is CCOc1cccc(/C(O)=C2/C(=O)C(=O)N(CCc3ccc(F)cc3)C2c2ccc(OC(C)C)cc2)c1. The van der Waals surface area contributed by atoms with Gasteiger partial charge in [0.25, 0.3) is 11.7 Å². The monoisotopic (exact) mass is 503 g/mol. The van der Waals surface area contributed by atoms with E-state index in [-0.39, 0.29) is 29.8 Å². The van der Waals surface area contributed by atoms with Crippen molar-refractivity contribution in [2.24, 2.45) is 0 Å². The van der Waals surface area contributed by atoms with Crippen molar-refractivity contribution in [3.8, 4) is 11.5 Å². The fourth-order valence-corrected chi connectivity index (χ4v) is 4.41. The molecule has 1 aliphatic heterocycles. The molecule has 3 aromatic rings. The molecule has 1 amide bonds. The molecule has 1 atom stereocenters. The van der Waals surface area contributed by atoms with Gasteiger partial charge in [0.1, 0.15) is 23.1 Å². The van der Waals surface area contributed by atoms with Gasteiger partial charge in [-0.2, -0.15) is 0 Å². The van der Waals surface area contributed by atoms with E-state index in [4.69, 9.17) is 9.47 Å². The van der Waals surface area contributed by atoms with Gasteiger partial charge in [0.15, 0.2) is 0 Å². The molecule has 0 spiro atoms. The molecule has 0 saturated carbocycles. The summed E-state index contributed by atoms with van der Waals surface area (Å²) in [5.41, 5.74) is 1.88. The van der Waals surface area contributed by atoms with Crippen LogP contribution in [0.5, 0.6) is 11.5 Å². The normalized spacial score (nSPS) is 16.9. The number of amides is 1. The Kier molecular flexibility index (Phi) is 7.92. The van der Waals surface area contributed by atoms with E-state index in [2.05, 4.69) is 0 Å². The average Bonchev–Trinajstić information content (AvgIpc) is 3.13. The summed E-state index contributed by atoms with van der Waals surface area (Å²) in [7, 11) is 0. The van der Waals surface area contributed by atoms with E-state index in [0.29, 0.717) is 35.7 Å². The van der Waals surface area contributed by atoms with Gasteiger partial charge in [-0.1, -0.05) is 36.4 Å². The molecule has 4 rings (SSSR count). The maximum absolute atomic E-state index is 13.4. The predicted molar refractivity (Wildman–Crippen MR) is 139 cm³/mol. The molecule has 7 heteroatoms. The van der Waals surface area contributed by atoms with Crippen LogP contribution in [0, 0.1) is 5.82 Å². The van der Waals surface area contributed by atoms with Crippen molar-refractivity contribution in [2.45, 2.75) is 39.3 Å². The van der Waals surface area contributed by atoms with Crippen molar-refractivity contribution in [3.63, 3.8) is 0 Å². The molecule has 1 N–H and O–H groups in total. The zero-order valence-electron chi connectivity index (χ0n) is 21.1. The van der Waals surface area contributed by atoms with E-state index in [0.717, 1.165) is 5.56 Å². The van der Waals surface area contributed by atoms with Gasteiger partial charge in [0.05, 0.1) is 24.3 Å². The summed E-state index contributed by atoms with van der Waals surface area (Å²) in [5, 5.41) is 11.3. The number of nitrogens with zero attached hydrogens (tertiary/aromatic N) is 1. The Morgan fingerprint density at radius 2 is 1.70 bits per heavy atom. The zero-order chi connectivity index (χ0) is 26.5. The number of benzene rings is 3. The lowest BCUT2D eigenvalue weighted by Crippen LogP contribution is -2.31. The number of hydrogen-bond acceptors (Lipinski definition) is 5. The van der Waals surface area contributed by atoms with Crippen molar-refractivity contribution >= 4 is 17.4 Å². The molecule has 0 radical (unpaired) electrons.